The molecule has 0 aliphatic heterocycles. The molecule has 1 fully saturated rings. The largest absolute Gasteiger partial charge is 0.393 e. The van der Waals surface area contributed by atoms with Gasteiger partial charge in [0.05, 0.1) is 28.6 Å². The van der Waals surface area contributed by atoms with Gasteiger partial charge >= 0.3 is 6.03 Å². The maximum Gasteiger partial charge on any atom is 0.353 e. The molecule has 7 nitrogen and oxygen atoms in total. The number of pyridine rings is 1. The average molecular weight is 466 g/mol. The van der Waals surface area contributed by atoms with Gasteiger partial charge in [-0.25, -0.2) is 13.4 Å². The number of carbonyl (C=O) groups excluding carboxylic acids is 1. The number of hydrogen-bond acceptors (Lipinski definition) is 6. The summed E-state index contributed by atoms with van der Waals surface area (Å²) in [4.78, 5) is 17.7. The van der Waals surface area contributed by atoms with Crippen LogP contribution < -0.4 is 5.32 Å². The van der Waals surface area contributed by atoms with Gasteiger partial charge in [0, 0.05) is 16.0 Å². The van der Waals surface area contributed by atoms with Gasteiger partial charge in [0.1, 0.15) is 9.81 Å². The highest BCUT2D eigenvalue weighted by Gasteiger charge is 2.51. The number of anilines is 1. The molecule has 0 radical (unpaired) electrons. The number of nitrogens with one attached hydrogen (secondary N) is 1. The van der Waals surface area contributed by atoms with Gasteiger partial charge in [-0.2, -0.15) is 0 Å². The number of aliphatic hydroxyl groups excluding tert-OH is 1. The van der Waals surface area contributed by atoms with Crippen LogP contribution in [0, 0.1) is 5.82 Å². The van der Waals surface area contributed by atoms with E-state index in [9.17, 15) is 23.6 Å². The monoisotopic (exact) mass is 465 g/mol. The summed E-state index contributed by atoms with van der Waals surface area (Å²) in [5.74, 6) is -0.812. The van der Waals surface area contributed by atoms with Crippen molar-refractivity contribution >= 4 is 33.7 Å². The van der Waals surface area contributed by atoms with Crippen LogP contribution in [0.3, 0.4) is 0 Å². The highest BCUT2D eigenvalue weighted by molar-refractivity contribution is 7.78. The fourth-order valence-electron chi connectivity index (χ4n) is 4.67. The number of halogens is 1. The maximum atomic E-state index is 14.3. The molecule has 0 saturated heterocycles. The minimum Gasteiger partial charge on any atom is -0.393 e. The summed E-state index contributed by atoms with van der Waals surface area (Å²) in [7, 11) is -2.68. The molecule has 3 N–H and O–H groups in total. The normalized spacial score (nSPS) is 21.0. The molecule has 3 aliphatic carbocycles. The molecule has 31 heavy (non-hydrogen) atoms. The number of aromatic nitrogens is 1. The van der Waals surface area contributed by atoms with Crippen molar-refractivity contribution in [2.45, 2.75) is 67.1 Å². The van der Waals surface area contributed by atoms with E-state index >= 15 is 0 Å². The van der Waals surface area contributed by atoms with Crippen LogP contribution in [0.5, 0.6) is 0 Å². The summed E-state index contributed by atoms with van der Waals surface area (Å²) < 4.78 is 30.4. The number of thiol groups is 1. The molecule has 10 heteroatoms. The minimum absolute atomic E-state index is 0.126. The van der Waals surface area contributed by atoms with Gasteiger partial charge in [0.25, 0.3) is 0 Å². The molecule has 1 unspecified atom stereocenters. The predicted molar refractivity (Wildman–Crippen MR) is 116 cm³/mol. The van der Waals surface area contributed by atoms with Crippen molar-refractivity contribution in [2.24, 2.45) is 4.36 Å². The predicted octanol–water partition coefficient (Wildman–Crippen LogP) is 3.20. The van der Waals surface area contributed by atoms with Crippen molar-refractivity contribution in [3.8, 4) is 0 Å². The van der Waals surface area contributed by atoms with Crippen LogP contribution in [0.4, 0.5) is 14.9 Å². The van der Waals surface area contributed by atoms with Gasteiger partial charge in [-0.15, -0.1) is 15.7 Å². The number of hydrogen-bond donors (Lipinski definition) is 4. The number of urea groups is 1. The third kappa shape index (κ3) is 3.49. The van der Waals surface area contributed by atoms with Crippen LogP contribution in [0.25, 0.3) is 0 Å². The van der Waals surface area contributed by atoms with E-state index in [1.807, 2.05) is 0 Å². The Bertz CT molecular complexity index is 1180. The van der Waals surface area contributed by atoms with Gasteiger partial charge in [-0.3, -0.25) is 4.98 Å². The summed E-state index contributed by atoms with van der Waals surface area (Å²) in [6.45, 7) is 0.719. The standard InChI is InChI=1S/C21H24FN3O4S2/c1-20(28,10-26)15-9-13(22)18(30-15)31(29)25-19(27)24-16-11-3-2-4-14(11)23-17-12(16)5-6-21(17)7-8-21/h9,26,28,31H,2-8,10H2,1H3,(H,23,24,27)/t20-/m0/s1. The summed E-state index contributed by atoms with van der Waals surface area (Å²) in [6.07, 6.45) is 6.88. The second-order valence-corrected chi connectivity index (χ2v) is 11.4. The lowest BCUT2D eigenvalue weighted by Gasteiger charge is -2.17. The molecule has 166 valence electrons. The molecular weight excluding hydrogens is 441 g/mol. The first-order valence-corrected chi connectivity index (χ1v) is 12.4. The summed E-state index contributed by atoms with van der Waals surface area (Å²) >= 11 is 0.743. The molecule has 1 spiro atoms. The molecule has 5 rings (SSSR count). The number of carbonyl (C=O) groups is 1. The first-order chi connectivity index (χ1) is 14.7. The van der Waals surface area contributed by atoms with Gasteiger partial charge < -0.3 is 15.5 Å². The van der Waals surface area contributed by atoms with E-state index in [1.54, 1.807) is 0 Å². The molecule has 3 aliphatic rings. The Morgan fingerprint density at radius 2 is 2.13 bits per heavy atom. The van der Waals surface area contributed by atoms with Crippen LogP contribution >= 0.6 is 11.3 Å². The first-order valence-electron chi connectivity index (χ1n) is 10.4. The molecule has 1 saturated carbocycles. The average Bonchev–Trinajstić information content (AvgIpc) is 3.03. The molecule has 2 atom stereocenters. The molecule has 0 bridgehead atoms. The lowest BCUT2D eigenvalue weighted by atomic mass is 10.0. The molecule has 2 aromatic rings. The number of aliphatic hydroxyl groups is 2. The van der Waals surface area contributed by atoms with Crippen molar-refractivity contribution in [1.82, 2.24) is 4.98 Å². The van der Waals surface area contributed by atoms with E-state index in [0.717, 1.165) is 90.6 Å². The zero-order valence-corrected chi connectivity index (χ0v) is 18.8. The van der Waals surface area contributed by atoms with Crippen LogP contribution in [0.15, 0.2) is 14.6 Å². The second-order valence-electron chi connectivity index (χ2n) is 8.87. The zero-order chi connectivity index (χ0) is 22.0. The molecule has 0 aromatic carbocycles. The number of nitrogens with zero attached hydrogens (tertiary/aromatic N) is 2. The molecule has 2 heterocycles. The summed E-state index contributed by atoms with van der Waals surface area (Å²) in [6, 6.07) is 0.248. The van der Waals surface area contributed by atoms with E-state index in [-0.39, 0.29) is 14.5 Å². The number of fused-ring (bicyclic) bond motifs is 3. The Kier molecular flexibility index (Phi) is 4.96. The Labute approximate surface area is 184 Å². The van der Waals surface area contributed by atoms with E-state index in [4.69, 9.17) is 4.98 Å². The topological polar surface area (TPSA) is 112 Å². The minimum atomic E-state index is -2.68. The third-order valence-corrected chi connectivity index (χ3v) is 9.46. The number of aryl methyl sites for hydroxylation is 1. The Morgan fingerprint density at radius 3 is 2.84 bits per heavy atom. The van der Waals surface area contributed by atoms with Gasteiger partial charge in [-0.1, -0.05) is 0 Å². The Morgan fingerprint density at radius 1 is 1.35 bits per heavy atom. The van der Waals surface area contributed by atoms with Crippen molar-refractivity contribution in [3.63, 3.8) is 0 Å². The molecule has 2 aromatic heterocycles. The fraction of sp³-hybridized carbons (Fsp3) is 0.524. The molecule has 2 amide bonds. The van der Waals surface area contributed by atoms with E-state index in [2.05, 4.69) is 9.68 Å². The second kappa shape index (κ2) is 7.33. The van der Waals surface area contributed by atoms with E-state index in [0.29, 0.717) is 0 Å². The quantitative estimate of drug-likeness (QED) is 0.518. The number of thiophene rings is 1. The van der Waals surface area contributed by atoms with Crippen LogP contribution in [-0.4, -0.2) is 32.0 Å². The fourth-order valence-corrected chi connectivity index (χ4v) is 6.76. The summed E-state index contributed by atoms with van der Waals surface area (Å²) in [5.41, 5.74) is 3.53. The van der Waals surface area contributed by atoms with E-state index in [1.165, 1.54) is 6.92 Å². The van der Waals surface area contributed by atoms with Gasteiger partial charge in [0.2, 0.25) is 0 Å². The highest BCUT2D eigenvalue weighted by atomic mass is 32.2. The number of rotatable bonds is 4. The number of amides is 2. The zero-order valence-electron chi connectivity index (χ0n) is 17.1. The summed E-state index contributed by atoms with van der Waals surface area (Å²) in [5, 5.41) is 22.2. The van der Waals surface area contributed by atoms with Crippen molar-refractivity contribution in [2.75, 3.05) is 11.9 Å². The third-order valence-electron chi connectivity index (χ3n) is 6.63. The van der Waals surface area contributed by atoms with E-state index < -0.39 is 34.7 Å². The van der Waals surface area contributed by atoms with Crippen molar-refractivity contribution in [1.29, 1.82) is 0 Å². The van der Waals surface area contributed by atoms with Crippen LogP contribution in [0.2, 0.25) is 0 Å². The Balaban J connectivity index is 1.45. The first kappa shape index (κ1) is 21.0. The maximum absolute atomic E-state index is 14.3. The smallest absolute Gasteiger partial charge is 0.353 e. The van der Waals surface area contributed by atoms with Crippen LogP contribution in [0.1, 0.15) is 60.0 Å². The SMILES string of the molecule is C[C@](O)(CO)c1cc(F)c(/[SH](=O)=N/C(=O)Nc2c3c(nc4c2CCC42CC2)CCC3)s1. The lowest BCUT2D eigenvalue weighted by molar-refractivity contribution is 0.000654. The van der Waals surface area contributed by atoms with Gasteiger partial charge in [0.15, 0.2) is 5.82 Å². The van der Waals surface area contributed by atoms with Crippen molar-refractivity contribution < 1.29 is 23.6 Å². The van der Waals surface area contributed by atoms with Crippen molar-refractivity contribution in [3.05, 3.63) is 39.3 Å². The Hall–Kier alpha value is -1.88. The lowest BCUT2D eigenvalue weighted by Crippen LogP contribution is -2.24. The van der Waals surface area contributed by atoms with Gasteiger partial charge in [-0.05, 0) is 69.1 Å². The highest BCUT2D eigenvalue weighted by Crippen LogP contribution is 2.58. The molecular formula is C21H24FN3O4S2. The van der Waals surface area contributed by atoms with Crippen LogP contribution in [-0.2, 0) is 40.9 Å².